The third kappa shape index (κ3) is 1.49. The van der Waals surface area contributed by atoms with Crippen LogP contribution in [0.1, 0.15) is 55.7 Å². The number of hydrogen-bond donors (Lipinski definition) is 1. The first-order valence-electron chi connectivity index (χ1n) is 6.27. The van der Waals surface area contributed by atoms with Gasteiger partial charge in [-0.3, -0.25) is 0 Å². The van der Waals surface area contributed by atoms with Crippen molar-refractivity contribution in [2.75, 3.05) is 0 Å². The lowest BCUT2D eigenvalue weighted by Gasteiger charge is -2.38. The molecule has 0 amide bonds. The van der Waals surface area contributed by atoms with Crippen molar-refractivity contribution in [1.82, 2.24) is 0 Å². The Morgan fingerprint density at radius 2 is 1.94 bits per heavy atom. The highest BCUT2D eigenvalue weighted by molar-refractivity contribution is 6.30. The molecular formula is C14H18ClN. The largest absolute Gasteiger partial charge is 0.324 e. The van der Waals surface area contributed by atoms with E-state index < -0.39 is 0 Å². The standard InChI is InChI=1S/C14H18ClN/c15-10-3-4-11-12(9-10)14(6-1-2-7-14)8-5-13(11)16/h3-4,9,13H,1-2,5-8,16H2. The van der Waals surface area contributed by atoms with Crippen LogP contribution in [0.5, 0.6) is 0 Å². The molecule has 0 radical (unpaired) electrons. The maximum atomic E-state index is 6.20. The molecule has 86 valence electrons. The lowest BCUT2D eigenvalue weighted by atomic mass is 9.67. The van der Waals surface area contributed by atoms with Crippen LogP contribution in [0.25, 0.3) is 0 Å². The molecule has 2 aliphatic carbocycles. The van der Waals surface area contributed by atoms with Gasteiger partial charge in [0.25, 0.3) is 0 Å². The van der Waals surface area contributed by atoms with Gasteiger partial charge >= 0.3 is 0 Å². The van der Waals surface area contributed by atoms with Gasteiger partial charge in [-0.1, -0.05) is 30.5 Å². The van der Waals surface area contributed by atoms with Crippen molar-refractivity contribution in [1.29, 1.82) is 0 Å². The fourth-order valence-corrected chi connectivity index (χ4v) is 3.78. The Bertz CT molecular complexity index is 407. The molecule has 3 rings (SSSR count). The third-order valence-corrected chi connectivity index (χ3v) is 4.72. The summed E-state index contributed by atoms with van der Waals surface area (Å²) in [5, 5.41) is 0.860. The van der Waals surface area contributed by atoms with E-state index in [1.165, 1.54) is 43.2 Å². The molecule has 0 bridgehead atoms. The summed E-state index contributed by atoms with van der Waals surface area (Å²) in [5.41, 5.74) is 9.42. The second-order valence-electron chi connectivity index (χ2n) is 5.36. The van der Waals surface area contributed by atoms with Gasteiger partial charge < -0.3 is 5.73 Å². The minimum atomic E-state index is 0.221. The average molecular weight is 236 g/mol. The second kappa shape index (κ2) is 3.75. The van der Waals surface area contributed by atoms with Crippen molar-refractivity contribution in [3.05, 3.63) is 34.3 Å². The Balaban J connectivity index is 2.14. The number of fused-ring (bicyclic) bond motifs is 2. The number of benzene rings is 1. The van der Waals surface area contributed by atoms with E-state index in [0.29, 0.717) is 5.41 Å². The molecule has 1 saturated carbocycles. The summed E-state index contributed by atoms with van der Waals surface area (Å²) in [6.45, 7) is 0. The first-order chi connectivity index (χ1) is 7.71. The van der Waals surface area contributed by atoms with Crippen LogP contribution in [-0.4, -0.2) is 0 Å². The highest BCUT2D eigenvalue weighted by Gasteiger charge is 2.40. The van der Waals surface area contributed by atoms with Crippen molar-refractivity contribution >= 4 is 11.6 Å². The van der Waals surface area contributed by atoms with Crippen molar-refractivity contribution in [3.63, 3.8) is 0 Å². The van der Waals surface area contributed by atoms with Gasteiger partial charge in [-0.15, -0.1) is 0 Å². The molecule has 1 unspecified atom stereocenters. The molecule has 1 aromatic carbocycles. The van der Waals surface area contributed by atoms with Crippen LogP contribution in [0, 0.1) is 0 Å². The molecule has 16 heavy (non-hydrogen) atoms. The summed E-state index contributed by atoms with van der Waals surface area (Å²) >= 11 is 6.15. The van der Waals surface area contributed by atoms with Crippen LogP contribution >= 0.6 is 11.6 Å². The predicted octanol–water partition coefficient (Wildman–Crippen LogP) is 3.95. The number of nitrogens with two attached hydrogens (primary N) is 1. The minimum absolute atomic E-state index is 0.221. The van der Waals surface area contributed by atoms with Crippen LogP contribution in [0.15, 0.2) is 18.2 Å². The first-order valence-corrected chi connectivity index (χ1v) is 6.65. The topological polar surface area (TPSA) is 26.0 Å². The van der Waals surface area contributed by atoms with Crippen molar-refractivity contribution in [2.24, 2.45) is 5.73 Å². The first kappa shape index (κ1) is 10.6. The van der Waals surface area contributed by atoms with Crippen LogP contribution < -0.4 is 5.73 Å². The van der Waals surface area contributed by atoms with E-state index >= 15 is 0 Å². The maximum absolute atomic E-state index is 6.20. The lowest BCUT2D eigenvalue weighted by Crippen LogP contribution is -2.32. The van der Waals surface area contributed by atoms with E-state index in [4.69, 9.17) is 17.3 Å². The summed E-state index contributed by atoms with van der Waals surface area (Å²) in [4.78, 5) is 0. The molecule has 2 aliphatic rings. The molecule has 1 atom stereocenters. The molecule has 0 saturated heterocycles. The Kier molecular flexibility index (Phi) is 2.49. The normalized spacial score (nSPS) is 27.0. The zero-order valence-corrected chi connectivity index (χ0v) is 10.3. The molecule has 0 aromatic heterocycles. The molecule has 0 aliphatic heterocycles. The summed E-state index contributed by atoms with van der Waals surface area (Å²) in [5.74, 6) is 0. The lowest BCUT2D eigenvalue weighted by molar-refractivity contribution is 0.344. The van der Waals surface area contributed by atoms with Gasteiger partial charge in [0, 0.05) is 11.1 Å². The van der Waals surface area contributed by atoms with E-state index in [2.05, 4.69) is 12.1 Å². The van der Waals surface area contributed by atoms with Gasteiger partial charge in [-0.25, -0.2) is 0 Å². The maximum Gasteiger partial charge on any atom is 0.0409 e. The molecule has 1 aromatic rings. The summed E-state index contributed by atoms with van der Waals surface area (Å²) in [7, 11) is 0. The highest BCUT2D eigenvalue weighted by atomic mass is 35.5. The van der Waals surface area contributed by atoms with Gasteiger partial charge in [0.1, 0.15) is 0 Å². The second-order valence-corrected chi connectivity index (χ2v) is 5.80. The fourth-order valence-electron chi connectivity index (χ4n) is 3.60. The van der Waals surface area contributed by atoms with E-state index in [-0.39, 0.29) is 6.04 Å². The van der Waals surface area contributed by atoms with Crippen molar-refractivity contribution < 1.29 is 0 Å². The fraction of sp³-hybridized carbons (Fsp3) is 0.571. The highest BCUT2D eigenvalue weighted by Crippen LogP contribution is 2.51. The predicted molar refractivity (Wildman–Crippen MR) is 67.8 cm³/mol. The monoisotopic (exact) mass is 235 g/mol. The third-order valence-electron chi connectivity index (χ3n) is 4.48. The minimum Gasteiger partial charge on any atom is -0.324 e. The zero-order chi connectivity index (χ0) is 11.2. The molecule has 1 spiro atoms. The SMILES string of the molecule is NC1CCC2(CCCC2)c2cc(Cl)ccc21. The van der Waals surface area contributed by atoms with Crippen molar-refractivity contribution in [3.8, 4) is 0 Å². The average Bonchev–Trinajstić information content (AvgIpc) is 2.74. The van der Waals surface area contributed by atoms with E-state index in [0.717, 1.165) is 11.4 Å². The molecule has 1 nitrogen and oxygen atoms in total. The quantitative estimate of drug-likeness (QED) is 0.724. The smallest absolute Gasteiger partial charge is 0.0409 e. The van der Waals surface area contributed by atoms with Crippen LogP contribution in [0.2, 0.25) is 5.02 Å². The van der Waals surface area contributed by atoms with Crippen molar-refractivity contribution in [2.45, 2.75) is 50.0 Å². The molecule has 1 fully saturated rings. The Hall–Kier alpha value is -0.530. The van der Waals surface area contributed by atoms with Crippen LogP contribution in [-0.2, 0) is 5.41 Å². The van der Waals surface area contributed by atoms with Crippen LogP contribution in [0.4, 0.5) is 0 Å². The number of hydrogen-bond acceptors (Lipinski definition) is 1. The van der Waals surface area contributed by atoms with E-state index in [1.54, 1.807) is 0 Å². The molecule has 2 heteroatoms. The summed E-state index contributed by atoms with van der Waals surface area (Å²) in [6, 6.07) is 6.51. The summed E-state index contributed by atoms with van der Waals surface area (Å²) < 4.78 is 0. The Morgan fingerprint density at radius 1 is 1.19 bits per heavy atom. The zero-order valence-electron chi connectivity index (χ0n) is 9.51. The Labute approximate surface area is 102 Å². The number of halogens is 1. The van der Waals surface area contributed by atoms with Gasteiger partial charge in [-0.05, 0) is 54.4 Å². The van der Waals surface area contributed by atoms with Crippen LogP contribution in [0.3, 0.4) is 0 Å². The summed E-state index contributed by atoms with van der Waals surface area (Å²) in [6.07, 6.45) is 7.76. The molecule has 2 N–H and O–H groups in total. The van der Waals surface area contributed by atoms with E-state index in [9.17, 15) is 0 Å². The number of rotatable bonds is 0. The van der Waals surface area contributed by atoms with Gasteiger partial charge in [-0.2, -0.15) is 0 Å². The molecular weight excluding hydrogens is 218 g/mol. The Morgan fingerprint density at radius 3 is 2.69 bits per heavy atom. The van der Waals surface area contributed by atoms with Gasteiger partial charge in [0.2, 0.25) is 0 Å². The van der Waals surface area contributed by atoms with Gasteiger partial charge in [0.05, 0.1) is 0 Å². The molecule has 0 heterocycles. The van der Waals surface area contributed by atoms with E-state index in [1.807, 2.05) is 6.07 Å². The van der Waals surface area contributed by atoms with Gasteiger partial charge in [0.15, 0.2) is 0 Å².